The van der Waals surface area contributed by atoms with Crippen LogP contribution in [0.4, 0.5) is 4.79 Å². The number of carbonyl (C=O) groups is 1. The van der Waals surface area contributed by atoms with Crippen LogP contribution in [0.15, 0.2) is 0 Å². The molecule has 1 aromatic heterocycles. The molecule has 1 saturated carbocycles. The molecule has 1 aromatic rings. The van der Waals surface area contributed by atoms with Gasteiger partial charge in [0.15, 0.2) is 5.82 Å². The maximum atomic E-state index is 12.4. The Bertz CT molecular complexity index is 555. The monoisotopic (exact) mass is 303 g/mol. The second-order valence-electron chi connectivity index (χ2n) is 6.99. The molecule has 6 nitrogen and oxygen atoms in total. The van der Waals surface area contributed by atoms with Crippen molar-refractivity contribution in [1.82, 2.24) is 25.0 Å². The molecule has 0 spiro atoms. The summed E-state index contributed by atoms with van der Waals surface area (Å²) < 4.78 is 2.15. The standard InChI is InChI=1S/C16H25N5O/c22-16(17-10-15-19-18-14-6-3-8-21(14)15)20-9-7-12-4-1-2-5-13(12)11-20/h12-13H,1-11H2,(H,17,22)/t12-,13-/m1/s1. The van der Waals surface area contributed by atoms with Gasteiger partial charge in [-0.05, 0) is 31.1 Å². The third-order valence-corrected chi connectivity index (χ3v) is 5.66. The highest BCUT2D eigenvalue weighted by molar-refractivity contribution is 5.74. The second-order valence-corrected chi connectivity index (χ2v) is 6.99. The summed E-state index contributed by atoms with van der Waals surface area (Å²) in [5, 5.41) is 11.4. The molecule has 3 aliphatic rings. The number of fused-ring (bicyclic) bond motifs is 2. The maximum absolute atomic E-state index is 12.4. The van der Waals surface area contributed by atoms with Crippen molar-refractivity contribution in [1.29, 1.82) is 0 Å². The number of likely N-dealkylation sites (tertiary alicyclic amines) is 1. The Labute approximate surface area is 131 Å². The van der Waals surface area contributed by atoms with Crippen LogP contribution in [-0.2, 0) is 19.5 Å². The van der Waals surface area contributed by atoms with E-state index >= 15 is 0 Å². The van der Waals surface area contributed by atoms with Crippen LogP contribution in [0.1, 0.15) is 50.2 Å². The fraction of sp³-hybridized carbons (Fsp3) is 0.812. The van der Waals surface area contributed by atoms with E-state index < -0.39 is 0 Å². The van der Waals surface area contributed by atoms with E-state index in [9.17, 15) is 4.79 Å². The Balaban J connectivity index is 1.32. The van der Waals surface area contributed by atoms with E-state index in [1.807, 2.05) is 4.90 Å². The van der Waals surface area contributed by atoms with Gasteiger partial charge in [0.1, 0.15) is 5.82 Å². The Morgan fingerprint density at radius 1 is 1.09 bits per heavy atom. The first-order valence-corrected chi connectivity index (χ1v) is 8.75. The van der Waals surface area contributed by atoms with Crippen molar-refractivity contribution in [3.63, 3.8) is 0 Å². The van der Waals surface area contributed by atoms with E-state index in [4.69, 9.17) is 0 Å². The number of nitrogens with zero attached hydrogens (tertiary/aromatic N) is 4. The van der Waals surface area contributed by atoms with Gasteiger partial charge in [0.25, 0.3) is 0 Å². The van der Waals surface area contributed by atoms with Crippen LogP contribution in [0, 0.1) is 11.8 Å². The zero-order chi connectivity index (χ0) is 14.9. The van der Waals surface area contributed by atoms with Crippen LogP contribution in [-0.4, -0.2) is 38.8 Å². The molecule has 1 N–H and O–H groups in total. The molecule has 0 unspecified atom stereocenters. The number of carbonyl (C=O) groups excluding carboxylic acids is 1. The van der Waals surface area contributed by atoms with Crippen molar-refractivity contribution in [2.24, 2.45) is 11.8 Å². The van der Waals surface area contributed by atoms with E-state index in [0.717, 1.165) is 56.0 Å². The number of amides is 2. The number of hydrogen-bond acceptors (Lipinski definition) is 3. The lowest BCUT2D eigenvalue weighted by Gasteiger charge is -2.41. The van der Waals surface area contributed by atoms with Crippen molar-refractivity contribution < 1.29 is 4.79 Å². The summed E-state index contributed by atoms with van der Waals surface area (Å²) in [7, 11) is 0. The largest absolute Gasteiger partial charge is 0.331 e. The lowest BCUT2D eigenvalue weighted by molar-refractivity contribution is 0.102. The number of piperidine rings is 1. The first kappa shape index (κ1) is 14.0. The van der Waals surface area contributed by atoms with E-state index in [-0.39, 0.29) is 6.03 Å². The SMILES string of the molecule is O=C(NCc1nnc2n1CCC2)N1CC[C@H]2CCCC[C@@H]2C1. The molecule has 0 aromatic carbocycles. The van der Waals surface area contributed by atoms with Gasteiger partial charge in [0.05, 0.1) is 6.54 Å². The number of urea groups is 1. The van der Waals surface area contributed by atoms with Crippen LogP contribution >= 0.6 is 0 Å². The fourth-order valence-corrected chi connectivity index (χ4v) is 4.39. The smallest absolute Gasteiger partial charge is 0.317 e. The number of aromatic nitrogens is 3. The summed E-state index contributed by atoms with van der Waals surface area (Å²) in [4.78, 5) is 14.4. The summed E-state index contributed by atoms with van der Waals surface area (Å²) in [6, 6.07) is 0.0689. The highest BCUT2D eigenvalue weighted by atomic mass is 16.2. The molecular formula is C16H25N5O. The van der Waals surface area contributed by atoms with Gasteiger partial charge >= 0.3 is 6.03 Å². The van der Waals surface area contributed by atoms with E-state index in [1.165, 1.54) is 32.1 Å². The van der Waals surface area contributed by atoms with Crippen LogP contribution < -0.4 is 5.32 Å². The first-order chi connectivity index (χ1) is 10.8. The van der Waals surface area contributed by atoms with Gasteiger partial charge < -0.3 is 14.8 Å². The van der Waals surface area contributed by atoms with Crippen LogP contribution in [0.2, 0.25) is 0 Å². The predicted octanol–water partition coefficient (Wildman–Crippen LogP) is 1.95. The molecule has 2 amide bonds. The van der Waals surface area contributed by atoms with Gasteiger partial charge in [-0.3, -0.25) is 0 Å². The average molecular weight is 303 g/mol. The summed E-state index contributed by atoms with van der Waals surface area (Å²) in [6.07, 6.45) is 8.71. The third kappa shape index (κ3) is 2.59. The molecule has 1 saturated heterocycles. The molecule has 22 heavy (non-hydrogen) atoms. The van der Waals surface area contributed by atoms with E-state index in [0.29, 0.717) is 6.54 Å². The molecule has 6 heteroatoms. The number of nitrogens with one attached hydrogen (secondary N) is 1. The molecule has 0 radical (unpaired) electrons. The number of aryl methyl sites for hydroxylation is 1. The zero-order valence-corrected chi connectivity index (χ0v) is 13.1. The molecule has 3 heterocycles. The fourth-order valence-electron chi connectivity index (χ4n) is 4.39. The minimum atomic E-state index is 0.0689. The topological polar surface area (TPSA) is 63.1 Å². The summed E-state index contributed by atoms with van der Waals surface area (Å²) in [5.74, 6) is 3.55. The zero-order valence-electron chi connectivity index (χ0n) is 13.1. The Morgan fingerprint density at radius 3 is 2.86 bits per heavy atom. The predicted molar refractivity (Wildman–Crippen MR) is 82.2 cm³/mol. The second kappa shape index (κ2) is 5.89. The highest BCUT2D eigenvalue weighted by Crippen LogP contribution is 2.35. The van der Waals surface area contributed by atoms with E-state index in [1.54, 1.807) is 0 Å². The van der Waals surface area contributed by atoms with Crippen molar-refractivity contribution in [3.05, 3.63) is 11.6 Å². The normalized spacial score (nSPS) is 27.4. The van der Waals surface area contributed by atoms with Gasteiger partial charge in [0.2, 0.25) is 0 Å². The summed E-state index contributed by atoms with van der Waals surface area (Å²) >= 11 is 0. The van der Waals surface area contributed by atoms with Crippen molar-refractivity contribution in [3.8, 4) is 0 Å². The van der Waals surface area contributed by atoms with Gasteiger partial charge in [-0.1, -0.05) is 19.3 Å². The molecule has 2 atom stereocenters. The summed E-state index contributed by atoms with van der Waals surface area (Å²) in [5.41, 5.74) is 0. The molecule has 0 bridgehead atoms. The van der Waals surface area contributed by atoms with Crippen molar-refractivity contribution in [2.45, 2.75) is 58.0 Å². The number of rotatable bonds is 2. The van der Waals surface area contributed by atoms with Crippen LogP contribution in [0.25, 0.3) is 0 Å². The quantitative estimate of drug-likeness (QED) is 0.908. The Hall–Kier alpha value is -1.59. The van der Waals surface area contributed by atoms with E-state index in [2.05, 4.69) is 20.1 Å². The van der Waals surface area contributed by atoms with Gasteiger partial charge in [-0.15, -0.1) is 10.2 Å². The Kier molecular flexibility index (Phi) is 3.76. The molecule has 2 fully saturated rings. The first-order valence-electron chi connectivity index (χ1n) is 8.75. The Morgan fingerprint density at radius 2 is 1.95 bits per heavy atom. The summed E-state index contributed by atoms with van der Waals surface area (Å²) in [6.45, 7) is 3.33. The lowest BCUT2D eigenvalue weighted by atomic mass is 9.75. The van der Waals surface area contributed by atoms with Gasteiger partial charge in [0, 0.05) is 26.1 Å². The lowest BCUT2D eigenvalue weighted by Crippen LogP contribution is -2.48. The maximum Gasteiger partial charge on any atom is 0.317 e. The average Bonchev–Trinajstić information content (AvgIpc) is 3.16. The van der Waals surface area contributed by atoms with Crippen LogP contribution in [0.3, 0.4) is 0 Å². The highest BCUT2D eigenvalue weighted by Gasteiger charge is 2.33. The van der Waals surface area contributed by atoms with Crippen molar-refractivity contribution >= 4 is 6.03 Å². The third-order valence-electron chi connectivity index (χ3n) is 5.66. The molecule has 1 aliphatic carbocycles. The molecule has 4 rings (SSSR count). The minimum absolute atomic E-state index is 0.0689. The molecule has 2 aliphatic heterocycles. The minimum Gasteiger partial charge on any atom is -0.331 e. The molecular weight excluding hydrogens is 278 g/mol. The number of hydrogen-bond donors (Lipinski definition) is 1. The molecule has 120 valence electrons. The van der Waals surface area contributed by atoms with Gasteiger partial charge in [-0.2, -0.15) is 0 Å². The van der Waals surface area contributed by atoms with Crippen LogP contribution in [0.5, 0.6) is 0 Å². The van der Waals surface area contributed by atoms with Crippen molar-refractivity contribution in [2.75, 3.05) is 13.1 Å². The van der Waals surface area contributed by atoms with Gasteiger partial charge in [-0.25, -0.2) is 4.79 Å².